The quantitative estimate of drug-likeness (QED) is 0.859. The molecule has 0 unspecified atom stereocenters. The number of ether oxygens (including phenoxy) is 1. The van der Waals surface area contributed by atoms with Crippen LogP contribution in [0.25, 0.3) is 0 Å². The summed E-state index contributed by atoms with van der Waals surface area (Å²) >= 11 is 0. The summed E-state index contributed by atoms with van der Waals surface area (Å²) < 4.78 is 5.52. The number of benzene rings is 1. The van der Waals surface area contributed by atoms with E-state index in [4.69, 9.17) is 4.74 Å². The number of rotatable bonds is 4. The van der Waals surface area contributed by atoms with E-state index in [0.29, 0.717) is 0 Å². The van der Waals surface area contributed by atoms with Crippen LogP contribution < -0.4 is 10.1 Å². The molecule has 1 N–H and O–H groups in total. The normalized spacial score (nSPS) is 11.1. The molecule has 17 heavy (non-hydrogen) atoms. The fourth-order valence-corrected chi connectivity index (χ4v) is 2.16. The molecule has 0 fully saturated rings. The molecule has 0 saturated heterocycles. The zero-order valence-electron chi connectivity index (χ0n) is 11.6. The van der Waals surface area contributed by atoms with Gasteiger partial charge in [-0.3, -0.25) is 0 Å². The largest absolute Gasteiger partial charge is 0.496 e. The average Bonchev–Trinajstić information content (AvgIpc) is 2.23. The summed E-state index contributed by atoms with van der Waals surface area (Å²) in [7, 11) is 1.73. The third-order valence-electron chi connectivity index (χ3n) is 2.73. The zero-order valence-corrected chi connectivity index (χ0v) is 11.6. The van der Waals surface area contributed by atoms with E-state index < -0.39 is 0 Å². The highest BCUT2D eigenvalue weighted by atomic mass is 16.5. The van der Waals surface area contributed by atoms with Gasteiger partial charge in [0.1, 0.15) is 5.75 Å². The van der Waals surface area contributed by atoms with Crippen LogP contribution in [0.4, 0.5) is 0 Å². The molecule has 2 nitrogen and oxygen atoms in total. The molecule has 0 radical (unpaired) electrons. The fourth-order valence-electron chi connectivity index (χ4n) is 2.16. The van der Waals surface area contributed by atoms with Crippen molar-refractivity contribution in [2.75, 3.05) is 7.11 Å². The molecule has 1 aromatic rings. The molecule has 1 rings (SSSR count). The van der Waals surface area contributed by atoms with Crippen LogP contribution in [-0.4, -0.2) is 7.11 Å². The number of hydrogen-bond acceptors (Lipinski definition) is 2. The summed E-state index contributed by atoms with van der Waals surface area (Å²) in [6, 6.07) is 4.30. The molecule has 94 valence electrons. The topological polar surface area (TPSA) is 21.3 Å². The second kappa shape index (κ2) is 5.26. The lowest BCUT2D eigenvalue weighted by atomic mass is 9.82. The number of aryl methyl sites for hydroxylation is 1. The molecule has 0 spiro atoms. The van der Waals surface area contributed by atoms with Crippen LogP contribution in [-0.2, 0) is 12.0 Å². The number of methoxy groups -OCH3 is 1. The SMILES string of the molecule is C=CNCc1cc(C)cc(OC)c1C(C)(C)C. The average molecular weight is 233 g/mol. The van der Waals surface area contributed by atoms with E-state index in [-0.39, 0.29) is 5.41 Å². The van der Waals surface area contributed by atoms with Crippen molar-refractivity contribution >= 4 is 0 Å². The van der Waals surface area contributed by atoms with E-state index in [1.54, 1.807) is 13.3 Å². The lowest BCUT2D eigenvalue weighted by Gasteiger charge is -2.26. The van der Waals surface area contributed by atoms with Crippen LogP contribution in [0.3, 0.4) is 0 Å². The lowest BCUT2D eigenvalue weighted by Crippen LogP contribution is -2.18. The minimum Gasteiger partial charge on any atom is -0.496 e. The highest BCUT2D eigenvalue weighted by molar-refractivity contribution is 5.47. The first kappa shape index (κ1) is 13.6. The first-order valence-electron chi connectivity index (χ1n) is 5.92. The molecule has 0 aliphatic rings. The summed E-state index contributed by atoms with van der Waals surface area (Å²) in [5, 5.41) is 3.16. The molecule has 0 aliphatic carbocycles. The van der Waals surface area contributed by atoms with Crippen molar-refractivity contribution in [3.05, 3.63) is 41.6 Å². The number of hydrogen-bond donors (Lipinski definition) is 1. The van der Waals surface area contributed by atoms with Crippen molar-refractivity contribution in [1.82, 2.24) is 5.32 Å². The van der Waals surface area contributed by atoms with Gasteiger partial charge in [0.2, 0.25) is 0 Å². The molecule has 0 saturated carbocycles. The van der Waals surface area contributed by atoms with E-state index in [1.807, 2.05) is 0 Å². The molecule has 0 heterocycles. The Morgan fingerprint density at radius 1 is 1.35 bits per heavy atom. The van der Waals surface area contributed by atoms with E-state index in [9.17, 15) is 0 Å². The lowest BCUT2D eigenvalue weighted by molar-refractivity contribution is 0.395. The van der Waals surface area contributed by atoms with Gasteiger partial charge >= 0.3 is 0 Å². The minimum absolute atomic E-state index is 0.0667. The molecule has 2 heteroatoms. The molecule has 1 aromatic carbocycles. The van der Waals surface area contributed by atoms with Crippen LogP contribution in [0.1, 0.15) is 37.5 Å². The van der Waals surface area contributed by atoms with Crippen LogP contribution in [0.2, 0.25) is 0 Å². The Kier molecular flexibility index (Phi) is 4.22. The summed E-state index contributed by atoms with van der Waals surface area (Å²) in [5.74, 6) is 0.971. The Morgan fingerprint density at radius 2 is 2.00 bits per heavy atom. The molecule has 0 atom stereocenters. The first-order valence-corrected chi connectivity index (χ1v) is 5.92. The highest BCUT2D eigenvalue weighted by Crippen LogP contribution is 2.35. The van der Waals surface area contributed by atoms with Crippen LogP contribution in [0, 0.1) is 6.92 Å². The van der Waals surface area contributed by atoms with Gasteiger partial charge in [0.05, 0.1) is 7.11 Å². The van der Waals surface area contributed by atoms with Gasteiger partial charge in [-0.2, -0.15) is 0 Å². The highest BCUT2D eigenvalue weighted by Gasteiger charge is 2.22. The second-order valence-corrected chi connectivity index (χ2v) is 5.34. The van der Waals surface area contributed by atoms with Gasteiger partial charge < -0.3 is 10.1 Å². The molecule has 0 amide bonds. The maximum atomic E-state index is 5.52. The monoisotopic (exact) mass is 233 g/mol. The maximum Gasteiger partial charge on any atom is 0.123 e. The smallest absolute Gasteiger partial charge is 0.123 e. The van der Waals surface area contributed by atoms with Crippen LogP contribution >= 0.6 is 0 Å². The van der Waals surface area contributed by atoms with E-state index in [0.717, 1.165) is 12.3 Å². The van der Waals surface area contributed by atoms with Gasteiger partial charge in [-0.15, -0.1) is 0 Å². The Hall–Kier alpha value is -1.44. The van der Waals surface area contributed by atoms with Crippen molar-refractivity contribution in [2.24, 2.45) is 0 Å². The predicted octanol–water partition coefficient (Wildman–Crippen LogP) is 3.53. The molecule has 0 bridgehead atoms. The van der Waals surface area contributed by atoms with E-state index >= 15 is 0 Å². The van der Waals surface area contributed by atoms with Gasteiger partial charge in [-0.25, -0.2) is 0 Å². The Balaban J connectivity index is 3.33. The van der Waals surface area contributed by atoms with Crippen molar-refractivity contribution in [1.29, 1.82) is 0 Å². The Labute approximate surface area is 105 Å². The van der Waals surface area contributed by atoms with E-state index in [1.165, 1.54) is 16.7 Å². The molecule has 0 aromatic heterocycles. The van der Waals surface area contributed by atoms with Gasteiger partial charge in [0.25, 0.3) is 0 Å². The van der Waals surface area contributed by atoms with Crippen LogP contribution in [0.5, 0.6) is 5.75 Å². The van der Waals surface area contributed by atoms with Crippen LogP contribution in [0.15, 0.2) is 24.9 Å². The van der Waals surface area contributed by atoms with E-state index in [2.05, 4.69) is 51.7 Å². The third kappa shape index (κ3) is 3.26. The summed E-state index contributed by atoms with van der Waals surface area (Å²) in [5.41, 5.74) is 3.82. The number of nitrogens with one attached hydrogen (secondary N) is 1. The summed E-state index contributed by atoms with van der Waals surface area (Å²) in [6.07, 6.45) is 1.72. The fraction of sp³-hybridized carbons (Fsp3) is 0.467. The Bertz CT molecular complexity index is 402. The standard InChI is InChI=1S/C15H23NO/c1-7-16-10-12-8-11(2)9-13(17-6)14(12)15(3,4)5/h7-9,16H,1,10H2,2-6H3. The van der Waals surface area contributed by atoms with Crippen molar-refractivity contribution in [2.45, 2.75) is 39.7 Å². The molecular weight excluding hydrogens is 210 g/mol. The maximum absolute atomic E-state index is 5.52. The van der Waals surface area contributed by atoms with Crippen molar-refractivity contribution in [3.8, 4) is 5.75 Å². The predicted molar refractivity (Wildman–Crippen MR) is 73.5 cm³/mol. The van der Waals surface area contributed by atoms with Gasteiger partial charge in [0.15, 0.2) is 0 Å². The van der Waals surface area contributed by atoms with Gasteiger partial charge in [-0.1, -0.05) is 33.4 Å². The summed E-state index contributed by atoms with van der Waals surface area (Å²) in [4.78, 5) is 0. The van der Waals surface area contributed by atoms with Crippen molar-refractivity contribution < 1.29 is 4.74 Å². The van der Waals surface area contributed by atoms with Gasteiger partial charge in [-0.05, 0) is 35.7 Å². The second-order valence-electron chi connectivity index (χ2n) is 5.34. The van der Waals surface area contributed by atoms with Gasteiger partial charge in [0, 0.05) is 12.1 Å². The molecular formula is C15H23NO. The zero-order chi connectivity index (χ0) is 13.1. The Morgan fingerprint density at radius 3 is 2.47 bits per heavy atom. The summed E-state index contributed by atoms with van der Waals surface area (Å²) in [6.45, 7) is 13.2. The molecule has 0 aliphatic heterocycles. The first-order chi connectivity index (χ1) is 7.90. The van der Waals surface area contributed by atoms with Crippen molar-refractivity contribution in [3.63, 3.8) is 0 Å². The minimum atomic E-state index is 0.0667. The third-order valence-corrected chi connectivity index (χ3v) is 2.73.